The molecule has 138 valence electrons. The van der Waals surface area contributed by atoms with Crippen LogP contribution in [0, 0.1) is 17.7 Å². The van der Waals surface area contributed by atoms with Crippen LogP contribution in [-0.4, -0.2) is 57.1 Å². The SMILES string of the molecule is O=C(O)[C@@H]1CCO[C@H]1C1CCN(C(=O)c2cn3cccc(F)c3n2)CC1. The van der Waals surface area contributed by atoms with E-state index in [4.69, 9.17) is 4.74 Å². The minimum atomic E-state index is -0.808. The highest BCUT2D eigenvalue weighted by atomic mass is 19.1. The van der Waals surface area contributed by atoms with E-state index in [1.807, 2.05) is 0 Å². The Balaban J connectivity index is 1.43. The molecule has 2 aromatic heterocycles. The van der Waals surface area contributed by atoms with Gasteiger partial charge in [-0.05, 0) is 37.3 Å². The molecule has 26 heavy (non-hydrogen) atoms. The highest BCUT2D eigenvalue weighted by Gasteiger charge is 2.41. The maximum atomic E-state index is 13.8. The highest BCUT2D eigenvalue weighted by Crippen LogP contribution is 2.33. The fourth-order valence-electron chi connectivity index (χ4n) is 4.01. The molecule has 0 spiro atoms. The van der Waals surface area contributed by atoms with Gasteiger partial charge in [-0.3, -0.25) is 9.59 Å². The number of ether oxygens (including phenoxy) is 1. The summed E-state index contributed by atoms with van der Waals surface area (Å²) in [6, 6.07) is 2.87. The number of carboxylic acids is 1. The standard InChI is InChI=1S/C18H20FN3O4/c19-13-2-1-6-22-10-14(20-16(13)22)17(23)21-7-3-11(4-8-21)15-12(18(24)25)5-9-26-15/h1-2,6,10-12,15H,3-5,7-9H2,(H,24,25)/t12-,15+/m1/s1. The summed E-state index contributed by atoms with van der Waals surface area (Å²) >= 11 is 0. The topological polar surface area (TPSA) is 84.1 Å². The zero-order valence-corrected chi connectivity index (χ0v) is 14.2. The van der Waals surface area contributed by atoms with Crippen LogP contribution in [0.2, 0.25) is 0 Å². The first-order valence-electron chi connectivity index (χ1n) is 8.81. The third-order valence-corrected chi connectivity index (χ3v) is 5.40. The number of likely N-dealkylation sites (tertiary alicyclic amines) is 1. The van der Waals surface area contributed by atoms with Crippen molar-refractivity contribution in [1.29, 1.82) is 0 Å². The lowest BCUT2D eigenvalue weighted by molar-refractivity contribution is -0.145. The average Bonchev–Trinajstić information content (AvgIpc) is 3.29. The van der Waals surface area contributed by atoms with Crippen LogP contribution in [0.1, 0.15) is 29.8 Å². The molecule has 0 unspecified atom stereocenters. The van der Waals surface area contributed by atoms with E-state index in [-0.39, 0.29) is 29.3 Å². The number of fused-ring (bicyclic) bond motifs is 1. The Kier molecular flexibility index (Phi) is 4.36. The Labute approximate surface area is 149 Å². The molecule has 4 heterocycles. The quantitative estimate of drug-likeness (QED) is 0.901. The van der Waals surface area contributed by atoms with Crippen LogP contribution in [0.5, 0.6) is 0 Å². The Hall–Kier alpha value is -2.48. The van der Waals surface area contributed by atoms with Crippen LogP contribution < -0.4 is 0 Å². The molecule has 0 bridgehead atoms. The summed E-state index contributed by atoms with van der Waals surface area (Å²) in [4.78, 5) is 29.8. The summed E-state index contributed by atoms with van der Waals surface area (Å²) in [5.41, 5.74) is 0.350. The van der Waals surface area contributed by atoms with Gasteiger partial charge in [0.25, 0.3) is 5.91 Å². The number of hydrogen-bond donors (Lipinski definition) is 1. The summed E-state index contributed by atoms with van der Waals surface area (Å²) in [6.45, 7) is 1.52. The molecule has 7 nitrogen and oxygen atoms in total. The van der Waals surface area contributed by atoms with Crippen LogP contribution >= 0.6 is 0 Å². The van der Waals surface area contributed by atoms with Gasteiger partial charge in [-0.25, -0.2) is 9.37 Å². The molecule has 2 fully saturated rings. The summed E-state index contributed by atoms with van der Waals surface area (Å²) < 4.78 is 20.9. The lowest BCUT2D eigenvalue weighted by Crippen LogP contribution is -2.43. The molecular weight excluding hydrogens is 341 g/mol. The Morgan fingerprint density at radius 3 is 2.73 bits per heavy atom. The molecule has 2 aromatic rings. The molecule has 2 aliphatic heterocycles. The number of carbonyl (C=O) groups is 2. The van der Waals surface area contributed by atoms with Gasteiger partial charge in [-0.1, -0.05) is 0 Å². The van der Waals surface area contributed by atoms with Crippen molar-refractivity contribution in [1.82, 2.24) is 14.3 Å². The van der Waals surface area contributed by atoms with Gasteiger partial charge in [0.2, 0.25) is 0 Å². The highest BCUT2D eigenvalue weighted by molar-refractivity contribution is 5.93. The van der Waals surface area contributed by atoms with Crippen LogP contribution in [0.3, 0.4) is 0 Å². The Morgan fingerprint density at radius 1 is 1.27 bits per heavy atom. The summed E-state index contributed by atoms with van der Waals surface area (Å²) in [7, 11) is 0. The van der Waals surface area contributed by atoms with E-state index < -0.39 is 17.7 Å². The minimum absolute atomic E-state index is 0.134. The minimum Gasteiger partial charge on any atom is -0.481 e. The number of hydrogen-bond acceptors (Lipinski definition) is 4. The second-order valence-corrected chi connectivity index (χ2v) is 6.91. The van der Waals surface area contributed by atoms with Gasteiger partial charge in [-0.15, -0.1) is 0 Å². The first kappa shape index (κ1) is 17.0. The largest absolute Gasteiger partial charge is 0.481 e. The molecule has 0 aromatic carbocycles. The maximum absolute atomic E-state index is 13.8. The van der Waals surface area contributed by atoms with Crippen molar-refractivity contribution >= 4 is 17.5 Å². The van der Waals surface area contributed by atoms with Gasteiger partial charge in [0.1, 0.15) is 5.69 Å². The smallest absolute Gasteiger partial charge is 0.309 e. The van der Waals surface area contributed by atoms with Gasteiger partial charge < -0.3 is 19.1 Å². The number of carboxylic acid groups (broad SMARTS) is 1. The van der Waals surface area contributed by atoms with Crippen molar-refractivity contribution in [2.75, 3.05) is 19.7 Å². The van der Waals surface area contributed by atoms with E-state index >= 15 is 0 Å². The van der Waals surface area contributed by atoms with Crippen LogP contribution in [0.15, 0.2) is 24.5 Å². The van der Waals surface area contributed by atoms with E-state index in [2.05, 4.69) is 4.98 Å². The number of halogens is 1. The third kappa shape index (κ3) is 2.94. The lowest BCUT2D eigenvalue weighted by Gasteiger charge is -2.35. The average molecular weight is 361 g/mol. The monoisotopic (exact) mass is 361 g/mol. The molecule has 4 rings (SSSR count). The number of pyridine rings is 1. The van der Waals surface area contributed by atoms with Crippen LogP contribution in [0.25, 0.3) is 5.65 Å². The second kappa shape index (κ2) is 6.68. The number of amides is 1. The molecule has 1 amide bonds. The Bertz CT molecular complexity index is 844. The molecule has 2 atom stereocenters. The molecule has 0 radical (unpaired) electrons. The first-order valence-corrected chi connectivity index (χ1v) is 8.81. The van der Waals surface area contributed by atoms with Gasteiger partial charge in [0.15, 0.2) is 11.5 Å². The normalized spacial score (nSPS) is 24.3. The summed E-state index contributed by atoms with van der Waals surface area (Å²) in [5.74, 6) is -1.82. The number of aliphatic carboxylic acids is 1. The number of nitrogens with zero attached hydrogens (tertiary/aromatic N) is 3. The molecule has 8 heteroatoms. The number of piperidine rings is 1. The van der Waals surface area contributed by atoms with Crippen molar-refractivity contribution in [3.63, 3.8) is 0 Å². The fourth-order valence-corrected chi connectivity index (χ4v) is 4.01. The molecular formula is C18H20FN3O4. The molecule has 2 saturated heterocycles. The van der Waals surface area contributed by atoms with Crippen molar-refractivity contribution in [3.05, 3.63) is 36.0 Å². The Morgan fingerprint density at radius 2 is 2.04 bits per heavy atom. The molecule has 1 N–H and O–H groups in total. The zero-order chi connectivity index (χ0) is 18.3. The van der Waals surface area contributed by atoms with E-state index in [0.29, 0.717) is 39.0 Å². The summed E-state index contributed by atoms with van der Waals surface area (Å²) in [5, 5.41) is 9.31. The van der Waals surface area contributed by atoms with Gasteiger partial charge in [0, 0.05) is 32.1 Å². The number of rotatable bonds is 3. The van der Waals surface area contributed by atoms with E-state index in [1.54, 1.807) is 17.2 Å². The van der Waals surface area contributed by atoms with E-state index in [0.717, 1.165) is 0 Å². The maximum Gasteiger partial charge on any atom is 0.309 e. The number of carbonyl (C=O) groups excluding carboxylic acids is 1. The lowest BCUT2D eigenvalue weighted by atomic mass is 9.84. The van der Waals surface area contributed by atoms with Crippen molar-refractivity contribution in [2.45, 2.75) is 25.4 Å². The van der Waals surface area contributed by atoms with E-state index in [9.17, 15) is 19.1 Å². The number of aromatic nitrogens is 2. The van der Waals surface area contributed by atoms with Gasteiger partial charge in [-0.2, -0.15) is 0 Å². The zero-order valence-electron chi connectivity index (χ0n) is 14.2. The van der Waals surface area contributed by atoms with Gasteiger partial charge in [0.05, 0.1) is 12.0 Å². The van der Waals surface area contributed by atoms with Crippen LogP contribution in [0.4, 0.5) is 4.39 Å². The van der Waals surface area contributed by atoms with Crippen molar-refractivity contribution in [3.8, 4) is 0 Å². The molecule has 0 saturated carbocycles. The number of imidazole rings is 1. The summed E-state index contributed by atoms with van der Waals surface area (Å²) in [6.07, 6.45) is 4.86. The first-order chi connectivity index (χ1) is 12.5. The van der Waals surface area contributed by atoms with Gasteiger partial charge >= 0.3 is 5.97 Å². The molecule has 2 aliphatic rings. The van der Waals surface area contributed by atoms with E-state index in [1.165, 1.54) is 16.7 Å². The predicted molar refractivity (Wildman–Crippen MR) is 89.3 cm³/mol. The molecule has 0 aliphatic carbocycles. The third-order valence-electron chi connectivity index (χ3n) is 5.40. The van der Waals surface area contributed by atoms with Crippen molar-refractivity contribution < 1.29 is 23.8 Å². The second-order valence-electron chi connectivity index (χ2n) is 6.91. The van der Waals surface area contributed by atoms with Crippen LogP contribution in [-0.2, 0) is 9.53 Å². The fraction of sp³-hybridized carbons (Fsp3) is 0.500. The van der Waals surface area contributed by atoms with Crippen molar-refractivity contribution in [2.24, 2.45) is 11.8 Å². The predicted octanol–water partition coefficient (Wildman–Crippen LogP) is 1.82.